The summed E-state index contributed by atoms with van der Waals surface area (Å²) >= 11 is 0. The first-order valence-corrected chi connectivity index (χ1v) is 11.3. The normalized spacial score (nSPS) is 11.1. The Morgan fingerprint density at radius 1 is 0.719 bits per heavy atom. The average Bonchev–Trinajstić information content (AvgIpc) is 2.83. The molecule has 4 rings (SSSR count). The van der Waals surface area contributed by atoms with Gasteiger partial charge in [-0.2, -0.15) is 0 Å². The van der Waals surface area contributed by atoms with Crippen LogP contribution in [-0.4, -0.2) is 26.8 Å². The Morgan fingerprint density at radius 2 is 1.34 bits per heavy atom. The van der Waals surface area contributed by atoms with E-state index in [4.69, 9.17) is 4.74 Å². The van der Waals surface area contributed by atoms with E-state index in [2.05, 4.69) is 4.72 Å². The van der Waals surface area contributed by atoms with Crippen LogP contribution in [0.25, 0.3) is 10.8 Å². The second-order valence-electron chi connectivity index (χ2n) is 7.06. The van der Waals surface area contributed by atoms with Crippen LogP contribution in [0, 0.1) is 0 Å². The molecule has 7 heteroatoms. The minimum atomic E-state index is -3.73. The molecule has 4 aromatic rings. The van der Waals surface area contributed by atoms with E-state index in [0.29, 0.717) is 11.3 Å². The van der Waals surface area contributed by atoms with Crippen molar-refractivity contribution in [2.24, 2.45) is 0 Å². The van der Waals surface area contributed by atoms with E-state index in [0.717, 1.165) is 10.8 Å². The van der Waals surface area contributed by atoms with Crippen molar-refractivity contribution >= 4 is 38.2 Å². The first-order valence-electron chi connectivity index (χ1n) is 9.79. The van der Waals surface area contributed by atoms with Gasteiger partial charge >= 0.3 is 5.97 Å². The average molecular weight is 445 g/mol. The number of benzene rings is 4. The summed E-state index contributed by atoms with van der Waals surface area (Å²) in [4.78, 5) is 24.8. The summed E-state index contributed by atoms with van der Waals surface area (Å²) in [7, 11) is -3.73. The Balaban J connectivity index is 1.37. The SMILES string of the molecule is O=C(COC(=O)c1ccc(NS(=O)(=O)c2ccccc2)cc1)c1ccc2ccccc2c1. The third-order valence-corrected chi connectivity index (χ3v) is 6.23. The number of Topliss-reactive ketones (excluding diaryl/α,β-unsaturated/α-hetero) is 1. The van der Waals surface area contributed by atoms with Gasteiger partial charge in [-0.05, 0) is 53.2 Å². The zero-order valence-electron chi connectivity index (χ0n) is 16.9. The molecule has 4 aromatic carbocycles. The lowest BCUT2D eigenvalue weighted by Crippen LogP contribution is -2.15. The van der Waals surface area contributed by atoms with E-state index in [9.17, 15) is 18.0 Å². The number of rotatable bonds is 7. The molecule has 32 heavy (non-hydrogen) atoms. The fraction of sp³-hybridized carbons (Fsp3) is 0.0400. The molecule has 0 aliphatic carbocycles. The van der Waals surface area contributed by atoms with E-state index in [-0.39, 0.29) is 22.8 Å². The number of ether oxygens (including phenoxy) is 1. The van der Waals surface area contributed by atoms with Gasteiger partial charge in [-0.3, -0.25) is 9.52 Å². The third-order valence-electron chi connectivity index (χ3n) is 4.83. The highest BCUT2D eigenvalue weighted by Crippen LogP contribution is 2.18. The molecule has 0 radical (unpaired) electrons. The van der Waals surface area contributed by atoms with Crippen molar-refractivity contribution in [3.05, 3.63) is 108 Å². The van der Waals surface area contributed by atoms with Crippen molar-refractivity contribution in [2.75, 3.05) is 11.3 Å². The number of hydrogen-bond acceptors (Lipinski definition) is 5. The number of carbonyl (C=O) groups is 2. The molecule has 0 saturated carbocycles. The standard InChI is InChI=1S/C25H19NO5S/c27-24(21-11-10-18-6-4-5-7-20(18)16-21)17-31-25(28)19-12-14-22(15-13-19)26-32(29,30)23-8-2-1-3-9-23/h1-16,26H,17H2. The molecule has 160 valence electrons. The smallest absolute Gasteiger partial charge is 0.338 e. The van der Waals surface area contributed by atoms with Gasteiger partial charge in [0.25, 0.3) is 10.0 Å². The molecular weight excluding hydrogens is 426 g/mol. The van der Waals surface area contributed by atoms with Crippen LogP contribution in [0.2, 0.25) is 0 Å². The summed E-state index contributed by atoms with van der Waals surface area (Å²) in [6.07, 6.45) is 0. The molecule has 0 atom stereocenters. The van der Waals surface area contributed by atoms with Gasteiger partial charge in [-0.15, -0.1) is 0 Å². The van der Waals surface area contributed by atoms with Crippen LogP contribution < -0.4 is 4.72 Å². The number of anilines is 1. The Hall–Kier alpha value is -3.97. The second-order valence-corrected chi connectivity index (χ2v) is 8.74. The quantitative estimate of drug-likeness (QED) is 0.330. The minimum Gasteiger partial charge on any atom is -0.454 e. The first-order chi connectivity index (χ1) is 15.4. The zero-order valence-corrected chi connectivity index (χ0v) is 17.7. The molecule has 0 spiro atoms. The van der Waals surface area contributed by atoms with Gasteiger partial charge in [0.05, 0.1) is 10.5 Å². The van der Waals surface area contributed by atoms with Gasteiger partial charge in [-0.1, -0.05) is 54.6 Å². The number of carbonyl (C=O) groups excluding carboxylic acids is 2. The molecule has 0 unspecified atom stereocenters. The number of esters is 1. The molecule has 6 nitrogen and oxygen atoms in total. The van der Waals surface area contributed by atoms with Crippen LogP contribution in [-0.2, 0) is 14.8 Å². The summed E-state index contributed by atoms with van der Waals surface area (Å²) in [5.41, 5.74) is 0.971. The molecule has 1 N–H and O–H groups in total. The molecule has 0 aliphatic heterocycles. The fourth-order valence-corrected chi connectivity index (χ4v) is 4.23. The van der Waals surface area contributed by atoms with Crippen molar-refractivity contribution in [2.45, 2.75) is 4.90 Å². The summed E-state index contributed by atoms with van der Waals surface area (Å²) in [6, 6.07) is 26.7. The Kier molecular flexibility index (Phi) is 6.00. The highest BCUT2D eigenvalue weighted by Gasteiger charge is 2.15. The molecule has 0 saturated heterocycles. The van der Waals surface area contributed by atoms with Crippen molar-refractivity contribution in [1.82, 2.24) is 0 Å². The first kappa shape index (κ1) is 21.3. The van der Waals surface area contributed by atoms with E-state index < -0.39 is 16.0 Å². The second kappa shape index (κ2) is 9.03. The lowest BCUT2D eigenvalue weighted by atomic mass is 10.0. The number of sulfonamides is 1. The van der Waals surface area contributed by atoms with Crippen molar-refractivity contribution in [1.29, 1.82) is 0 Å². The molecule has 0 heterocycles. The van der Waals surface area contributed by atoms with Gasteiger partial charge in [0.15, 0.2) is 12.4 Å². The largest absolute Gasteiger partial charge is 0.454 e. The lowest BCUT2D eigenvalue weighted by Gasteiger charge is -2.09. The molecular formula is C25H19NO5S. The molecule has 0 aromatic heterocycles. The maximum absolute atomic E-state index is 12.4. The van der Waals surface area contributed by atoms with Crippen LogP contribution in [0.3, 0.4) is 0 Å². The maximum atomic E-state index is 12.4. The monoisotopic (exact) mass is 445 g/mol. The molecule has 0 amide bonds. The highest BCUT2D eigenvalue weighted by molar-refractivity contribution is 7.92. The number of hydrogen-bond donors (Lipinski definition) is 1. The lowest BCUT2D eigenvalue weighted by molar-refractivity contribution is 0.0475. The van der Waals surface area contributed by atoms with Gasteiger partial charge < -0.3 is 4.74 Å². The zero-order chi connectivity index (χ0) is 22.6. The van der Waals surface area contributed by atoms with E-state index >= 15 is 0 Å². The predicted molar refractivity (Wildman–Crippen MR) is 122 cm³/mol. The summed E-state index contributed by atoms with van der Waals surface area (Å²) in [5, 5.41) is 1.95. The topological polar surface area (TPSA) is 89.5 Å². The molecule has 0 aliphatic rings. The van der Waals surface area contributed by atoms with Crippen LogP contribution in [0.4, 0.5) is 5.69 Å². The summed E-state index contributed by atoms with van der Waals surface area (Å²) in [5.74, 6) is -0.979. The minimum absolute atomic E-state index is 0.135. The van der Waals surface area contributed by atoms with Crippen molar-refractivity contribution < 1.29 is 22.7 Å². The van der Waals surface area contributed by atoms with Gasteiger partial charge in [0.2, 0.25) is 0 Å². The van der Waals surface area contributed by atoms with Gasteiger partial charge in [0.1, 0.15) is 0 Å². The summed E-state index contributed by atoms with van der Waals surface area (Å²) < 4.78 is 32.3. The van der Waals surface area contributed by atoms with E-state index in [1.165, 1.54) is 36.4 Å². The highest BCUT2D eigenvalue weighted by atomic mass is 32.2. The number of fused-ring (bicyclic) bond motifs is 1. The third kappa shape index (κ3) is 4.84. The molecule has 0 bridgehead atoms. The van der Waals surface area contributed by atoms with Gasteiger partial charge in [0, 0.05) is 11.3 Å². The fourth-order valence-electron chi connectivity index (χ4n) is 3.15. The van der Waals surface area contributed by atoms with Crippen LogP contribution in [0.15, 0.2) is 102 Å². The Morgan fingerprint density at radius 3 is 2.06 bits per heavy atom. The van der Waals surface area contributed by atoms with Crippen LogP contribution in [0.1, 0.15) is 20.7 Å². The Labute approximate surface area is 185 Å². The number of nitrogens with one attached hydrogen (secondary N) is 1. The van der Waals surface area contributed by atoms with E-state index in [1.54, 1.807) is 30.3 Å². The van der Waals surface area contributed by atoms with Crippen LogP contribution >= 0.6 is 0 Å². The Bertz CT molecular complexity index is 1380. The van der Waals surface area contributed by atoms with Crippen molar-refractivity contribution in [3.63, 3.8) is 0 Å². The summed E-state index contributed by atoms with van der Waals surface area (Å²) in [6.45, 7) is -0.389. The van der Waals surface area contributed by atoms with Crippen LogP contribution in [0.5, 0.6) is 0 Å². The molecule has 0 fully saturated rings. The predicted octanol–water partition coefficient (Wildman–Crippen LogP) is 4.68. The van der Waals surface area contributed by atoms with Gasteiger partial charge in [-0.25, -0.2) is 13.2 Å². The van der Waals surface area contributed by atoms with E-state index in [1.807, 2.05) is 30.3 Å². The number of ketones is 1. The van der Waals surface area contributed by atoms with Crippen molar-refractivity contribution in [3.8, 4) is 0 Å². The maximum Gasteiger partial charge on any atom is 0.338 e.